The van der Waals surface area contributed by atoms with E-state index >= 15 is 0 Å². The molecule has 4 nitrogen and oxygen atoms in total. The quantitative estimate of drug-likeness (QED) is 0.647. The molecule has 0 bridgehead atoms. The Balaban J connectivity index is 2.08. The minimum atomic E-state index is -0.709. The van der Waals surface area contributed by atoms with Gasteiger partial charge in [0.2, 0.25) is 0 Å². The first kappa shape index (κ1) is 14.1. The minimum Gasteiger partial charge on any atom is -0.489 e. The van der Waals surface area contributed by atoms with Crippen LogP contribution in [0.4, 0.5) is 0 Å². The van der Waals surface area contributed by atoms with Gasteiger partial charge in [-0.2, -0.15) is 0 Å². The largest absolute Gasteiger partial charge is 0.489 e. The molecule has 0 spiro atoms. The third-order valence-corrected chi connectivity index (χ3v) is 2.83. The highest BCUT2D eigenvalue weighted by Gasteiger charge is 2.13. The fourth-order valence-corrected chi connectivity index (χ4v) is 1.84. The average molecular weight is 272 g/mol. The van der Waals surface area contributed by atoms with Crippen LogP contribution in [0.25, 0.3) is 10.8 Å². The second-order valence-electron chi connectivity index (χ2n) is 4.23. The summed E-state index contributed by atoms with van der Waals surface area (Å²) in [6.07, 6.45) is 0.347. The highest BCUT2D eigenvalue weighted by molar-refractivity contribution is 5.88. The average Bonchev–Trinajstić information content (AvgIpc) is 2.51. The summed E-state index contributed by atoms with van der Waals surface area (Å²) in [6.45, 7) is 3.10. The van der Waals surface area contributed by atoms with E-state index in [4.69, 9.17) is 9.47 Å². The van der Waals surface area contributed by atoms with Gasteiger partial charge in [0.15, 0.2) is 6.10 Å². The van der Waals surface area contributed by atoms with Crippen molar-refractivity contribution in [2.75, 3.05) is 13.2 Å². The molecular weight excluding hydrogens is 256 g/mol. The Morgan fingerprint density at radius 2 is 2.00 bits per heavy atom. The number of carbonyl (C=O) groups is 1. The van der Waals surface area contributed by atoms with Crippen LogP contribution in [0.3, 0.4) is 0 Å². The molecule has 0 amide bonds. The maximum atomic E-state index is 11.1. The highest BCUT2D eigenvalue weighted by Crippen LogP contribution is 2.25. The normalized spacial score (nSPS) is 11.8. The highest BCUT2D eigenvalue weighted by atomic mass is 16.6. The van der Waals surface area contributed by atoms with Gasteiger partial charge in [0, 0.05) is 11.5 Å². The second kappa shape index (κ2) is 6.73. The molecule has 0 saturated carbocycles. The number of hydrogen-bond donors (Lipinski definition) is 1. The molecule has 0 aliphatic rings. The van der Waals surface area contributed by atoms with Crippen LogP contribution in [0, 0.1) is 0 Å². The van der Waals surface area contributed by atoms with Crippen LogP contribution in [0.1, 0.15) is 0 Å². The summed E-state index contributed by atoms with van der Waals surface area (Å²) >= 11 is 0. The van der Waals surface area contributed by atoms with E-state index in [1.165, 1.54) is 0 Å². The van der Waals surface area contributed by atoms with Crippen molar-refractivity contribution in [3.63, 3.8) is 0 Å². The predicted octanol–water partition coefficient (Wildman–Crippen LogP) is 2.31. The van der Waals surface area contributed by atoms with E-state index in [1.807, 2.05) is 42.5 Å². The van der Waals surface area contributed by atoms with Crippen molar-refractivity contribution in [3.05, 3.63) is 55.1 Å². The third-order valence-electron chi connectivity index (χ3n) is 2.83. The Morgan fingerprint density at radius 1 is 1.25 bits per heavy atom. The van der Waals surface area contributed by atoms with Gasteiger partial charge in [0.1, 0.15) is 12.4 Å². The van der Waals surface area contributed by atoms with Gasteiger partial charge < -0.3 is 14.6 Å². The molecular formula is C16H16O4. The Labute approximate surface area is 117 Å². The summed E-state index contributed by atoms with van der Waals surface area (Å²) in [5.74, 6) is 0.113. The van der Waals surface area contributed by atoms with Crippen LogP contribution in [0.15, 0.2) is 55.1 Å². The van der Waals surface area contributed by atoms with E-state index in [2.05, 4.69) is 6.58 Å². The molecule has 0 fully saturated rings. The van der Waals surface area contributed by atoms with Gasteiger partial charge >= 0.3 is 5.97 Å². The molecule has 0 aliphatic carbocycles. The number of esters is 1. The molecule has 1 N–H and O–H groups in total. The number of aliphatic hydroxyl groups is 1. The molecule has 1 atom stereocenters. The van der Waals surface area contributed by atoms with Crippen LogP contribution in [-0.2, 0) is 9.53 Å². The summed E-state index contributed by atoms with van der Waals surface area (Å²) in [5.41, 5.74) is 0. The SMILES string of the molecule is C=CC(=O)O[C@@H](CO)COc1cccc2ccccc12. The Kier molecular flexibility index (Phi) is 4.74. The van der Waals surface area contributed by atoms with Crippen molar-refractivity contribution in [2.24, 2.45) is 0 Å². The molecule has 20 heavy (non-hydrogen) atoms. The molecule has 2 rings (SSSR count). The first-order valence-electron chi connectivity index (χ1n) is 6.29. The van der Waals surface area contributed by atoms with Crippen LogP contribution < -0.4 is 4.74 Å². The number of benzene rings is 2. The van der Waals surface area contributed by atoms with Crippen LogP contribution in [0.5, 0.6) is 5.75 Å². The van der Waals surface area contributed by atoms with Gasteiger partial charge in [0.05, 0.1) is 6.61 Å². The first-order valence-corrected chi connectivity index (χ1v) is 6.29. The second-order valence-corrected chi connectivity index (χ2v) is 4.23. The summed E-state index contributed by atoms with van der Waals surface area (Å²) in [7, 11) is 0. The Hall–Kier alpha value is -2.33. The van der Waals surface area contributed by atoms with Crippen molar-refractivity contribution in [1.29, 1.82) is 0 Å². The number of hydrogen-bond acceptors (Lipinski definition) is 4. The Morgan fingerprint density at radius 3 is 2.75 bits per heavy atom. The van der Waals surface area contributed by atoms with Crippen molar-refractivity contribution in [2.45, 2.75) is 6.10 Å². The zero-order valence-corrected chi connectivity index (χ0v) is 11.0. The lowest BCUT2D eigenvalue weighted by Gasteiger charge is -2.16. The molecule has 0 saturated heterocycles. The van der Waals surface area contributed by atoms with E-state index in [0.717, 1.165) is 16.8 Å². The monoisotopic (exact) mass is 272 g/mol. The van der Waals surface area contributed by atoms with E-state index in [-0.39, 0.29) is 13.2 Å². The zero-order chi connectivity index (χ0) is 14.4. The number of ether oxygens (including phenoxy) is 2. The van der Waals surface area contributed by atoms with E-state index in [9.17, 15) is 9.90 Å². The van der Waals surface area contributed by atoms with Crippen molar-refractivity contribution >= 4 is 16.7 Å². The predicted molar refractivity (Wildman–Crippen MR) is 76.6 cm³/mol. The summed E-state index contributed by atoms with van der Waals surface area (Å²) in [6, 6.07) is 13.5. The number of rotatable bonds is 6. The minimum absolute atomic E-state index is 0.0874. The molecule has 0 aromatic heterocycles. The van der Waals surface area contributed by atoms with Crippen molar-refractivity contribution < 1.29 is 19.4 Å². The van der Waals surface area contributed by atoms with E-state index in [0.29, 0.717) is 5.75 Å². The first-order chi connectivity index (χ1) is 9.74. The fourth-order valence-electron chi connectivity index (χ4n) is 1.84. The molecule has 0 radical (unpaired) electrons. The standard InChI is InChI=1S/C16H16O4/c1-2-16(18)20-13(10-17)11-19-15-9-5-7-12-6-3-4-8-14(12)15/h2-9,13,17H,1,10-11H2/t13-/m0/s1. The topological polar surface area (TPSA) is 55.8 Å². The van der Waals surface area contributed by atoms with Gasteiger partial charge in [-0.1, -0.05) is 43.0 Å². The summed E-state index contributed by atoms with van der Waals surface area (Å²) in [5, 5.41) is 11.2. The van der Waals surface area contributed by atoms with E-state index in [1.54, 1.807) is 0 Å². The molecule has 104 valence electrons. The van der Waals surface area contributed by atoms with Gasteiger partial charge in [0.25, 0.3) is 0 Å². The van der Waals surface area contributed by atoms with Crippen LogP contribution in [0.2, 0.25) is 0 Å². The molecule has 4 heteroatoms. The van der Waals surface area contributed by atoms with Gasteiger partial charge in [-0.3, -0.25) is 0 Å². The molecule has 0 aliphatic heterocycles. The lowest BCUT2D eigenvalue weighted by Crippen LogP contribution is -2.27. The molecule has 0 unspecified atom stereocenters. The van der Waals surface area contributed by atoms with Gasteiger partial charge in [-0.15, -0.1) is 0 Å². The number of carbonyl (C=O) groups excluding carboxylic acids is 1. The smallest absolute Gasteiger partial charge is 0.330 e. The molecule has 2 aromatic carbocycles. The maximum absolute atomic E-state index is 11.1. The van der Waals surface area contributed by atoms with Crippen LogP contribution in [-0.4, -0.2) is 30.4 Å². The van der Waals surface area contributed by atoms with Crippen molar-refractivity contribution in [3.8, 4) is 5.75 Å². The zero-order valence-electron chi connectivity index (χ0n) is 11.0. The molecule has 0 heterocycles. The third kappa shape index (κ3) is 3.36. The van der Waals surface area contributed by atoms with Crippen LogP contribution >= 0.6 is 0 Å². The summed E-state index contributed by atoms with van der Waals surface area (Å²) in [4.78, 5) is 11.1. The maximum Gasteiger partial charge on any atom is 0.330 e. The number of fused-ring (bicyclic) bond motifs is 1. The summed E-state index contributed by atoms with van der Waals surface area (Å²) < 4.78 is 10.6. The fraction of sp³-hybridized carbons (Fsp3) is 0.188. The lowest BCUT2D eigenvalue weighted by molar-refractivity contribution is -0.146. The Bertz CT molecular complexity index is 601. The molecule has 2 aromatic rings. The van der Waals surface area contributed by atoms with Crippen molar-refractivity contribution in [1.82, 2.24) is 0 Å². The number of aliphatic hydroxyl groups excluding tert-OH is 1. The van der Waals surface area contributed by atoms with Gasteiger partial charge in [-0.25, -0.2) is 4.79 Å². The lowest BCUT2D eigenvalue weighted by atomic mass is 10.1. The van der Waals surface area contributed by atoms with Gasteiger partial charge in [-0.05, 0) is 11.5 Å². The van der Waals surface area contributed by atoms with E-state index < -0.39 is 12.1 Å².